The maximum absolute atomic E-state index is 13.2. The van der Waals surface area contributed by atoms with Gasteiger partial charge in [0.05, 0.1) is 5.56 Å². The number of piperazine rings is 1. The lowest BCUT2D eigenvalue weighted by atomic mass is 10.2. The predicted molar refractivity (Wildman–Crippen MR) is 124 cm³/mol. The van der Waals surface area contributed by atoms with Crippen molar-refractivity contribution in [3.8, 4) is 0 Å². The van der Waals surface area contributed by atoms with E-state index in [2.05, 4.69) is 16.8 Å². The van der Waals surface area contributed by atoms with Crippen molar-refractivity contribution < 1.29 is 13.2 Å². The van der Waals surface area contributed by atoms with Gasteiger partial charge in [-0.25, -0.2) is 8.42 Å². The van der Waals surface area contributed by atoms with Crippen LogP contribution in [0.3, 0.4) is 0 Å². The first-order chi connectivity index (χ1) is 14.4. The average molecular weight is 479 g/mol. The average Bonchev–Trinajstić information content (AvgIpc) is 3.44. The van der Waals surface area contributed by atoms with Crippen molar-refractivity contribution >= 4 is 50.4 Å². The number of carbonyl (C=O) groups is 1. The Morgan fingerprint density at radius 2 is 1.83 bits per heavy atom. The third-order valence-corrected chi connectivity index (χ3v) is 10.2. The van der Waals surface area contributed by atoms with E-state index in [0.717, 1.165) is 15.5 Å². The Labute approximate surface area is 189 Å². The second-order valence-electron chi connectivity index (χ2n) is 6.98. The Morgan fingerprint density at radius 3 is 2.50 bits per heavy atom. The Balaban J connectivity index is 1.42. The lowest BCUT2D eigenvalue weighted by Gasteiger charge is -2.34. The van der Waals surface area contributed by atoms with Crippen LogP contribution < -0.4 is 0 Å². The molecule has 1 saturated heterocycles. The first-order valence-corrected chi connectivity index (χ1v) is 13.7. The fourth-order valence-electron chi connectivity index (χ4n) is 3.28. The van der Waals surface area contributed by atoms with Gasteiger partial charge in [-0.1, -0.05) is 12.1 Å². The second kappa shape index (κ2) is 9.23. The highest BCUT2D eigenvalue weighted by Crippen LogP contribution is 2.29. The summed E-state index contributed by atoms with van der Waals surface area (Å²) in [5.41, 5.74) is 1.93. The molecule has 1 fully saturated rings. The van der Waals surface area contributed by atoms with E-state index in [9.17, 15) is 13.2 Å². The summed E-state index contributed by atoms with van der Waals surface area (Å²) in [7, 11) is -3.49. The number of carbonyl (C=O) groups excluding carboxylic acids is 1. The maximum atomic E-state index is 13.2. The van der Waals surface area contributed by atoms with Crippen LogP contribution in [0, 0.1) is 6.92 Å². The van der Waals surface area contributed by atoms with Gasteiger partial charge in [0.25, 0.3) is 15.9 Å². The molecule has 1 aromatic carbocycles. The largest absolute Gasteiger partial charge is 0.336 e. The van der Waals surface area contributed by atoms with Gasteiger partial charge in [0.2, 0.25) is 0 Å². The molecule has 9 heteroatoms. The van der Waals surface area contributed by atoms with Crippen molar-refractivity contribution in [2.75, 3.05) is 26.2 Å². The van der Waals surface area contributed by atoms with E-state index in [-0.39, 0.29) is 5.91 Å². The monoisotopic (exact) mass is 478 g/mol. The normalized spacial score (nSPS) is 15.4. The van der Waals surface area contributed by atoms with Crippen molar-refractivity contribution in [3.63, 3.8) is 0 Å². The van der Waals surface area contributed by atoms with Crippen LogP contribution in [-0.4, -0.2) is 49.7 Å². The molecule has 30 heavy (non-hydrogen) atoms. The fraction of sp³-hybridized carbons (Fsp3) is 0.286. The van der Waals surface area contributed by atoms with Crippen molar-refractivity contribution in [2.45, 2.75) is 21.8 Å². The standard InChI is InChI=1S/C21H22N2O3S4/c1-16-6-7-20(29-16)30(25,26)23-11-9-22(10-12-23)21(24)18-4-2-3-5-19(18)28-15-17-8-13-27-14-17/h2-8,13-14H,9-12,15H2,1H3. The van der Waals surface area contributed by atoms with E-state index < -0.39 is 10.0 Å². The number of aryl methyl sites for hydroxylation is 1. The van der Waals surface area contributed by atoms with Gasteiger partial charge in [-0.05, 0) is 53.6 Å². The van der Waals surface area contributed by atoms with E-state index in [1.165, 1.54) is 21.2 Å². The number of amides is 1. The molecular weight excluding hydrogens is 457 g/mol. The first kappa shape index (κ1) is 21.6. The number of nitrogens with zero attached hydrogens (tertiary/aromatic N) is 2. The van der Waals surface area contributed by atoms with Crippen LogP contribution in [0.2, 0.25) is 0 Å². The molecule has 1 amide bonds. The van der Waals surface area contributed by atoms with Gasteiger partial charge in [-0.15, -0.1) is 23.1 Å². The first-order valence-electron chi connectivity index (χ1n) is 9.54. The molecule has 0 saturated carbocycles. The van der Waals surface area contributed by atoms with Gasteiger partial charge in [-0.2, -0.15) is 15.6 Å². The number of sulfonamides is 1. The van der Waals surface area contributed by atoms with E-state index in [1.807, 2.05) is 37.3 Å². The van der Waals surface area contributed by atoms with Crippen LogP contribution in [0.4, 0.5) is 0 Å². The van der Waals surface area contributed by atoms with Crippen LogP contribution in [0.1, 0.15) is 20.8 Å². The van der Waals surface area contributed by atoms with Gasteiger partial charge in [0.15, 0.2) is 0 Å². The molecule has 4 rings (SSSR count). The molecule has 0 spiro atoms. The molecule has 1 aliphatic heterocycles. The zero-order valence-electron chi connectivity index (χ0n) is 16.5. The maximum Gasteiger partial charge on any atom is 0.255 e. The predicted octanol–water partition coefficient (Wildman–Crippen LogP) is 4.56. The number of thiophene rings is 2. The highest BCUT2D eigenvalue weighted by atomic mass is 32.2. The molecule has 0 atom stereocenters. The van der Waals surface area contributed by atoms with Crippen LogP contribution in [0.25, 0.3) is 0 Å². The minimum atomic E-state index is -3.49. The SMILES string of the molecule is Cc1ccc(S(=O)(=O)N2CCN(C(=O)c3ccccc3SCc3ccsc3)CC2)s1. The number of rotatable bonds is 6. The Hall–Kier alpha value is -1.65. The minimum absolute atomic E-state index is 0.0348. The highest BCUT2D eigenvalue weighted by Gasteiger charge is 2.31. The smallest absolute Gasteiger partial charge is 0.255 e. The summed E-state index contributed by atoms with van der Waals surface area (Å²) in [5, 5.41) is 4.17. The summed E-state index contributed by atoms with van der Waals surface area (Å²) < 4.78 is 27.5. The number of hydrogen-bond donors (Lipinski definition) is 0. The highest BCUT2D eigenvalue weighted by molar-refractivity contribution is 7.98. The van der Waals surface area contributed by atoms with Gasteiger partial charge in [-0.3, -0.25) is 4.79 Å². The summed E-state index contributed by atoms with van der Waals surface area (Å²) in [5.74, 6) is 0.785. The summed E-state index contributed by atoms with van der Waals surface area (Å²) in [6.45, 7) is 3.32. The van der Waals surface area contributed by atoms with Crippen LogP contribution in [0.15, 0.2) is 62.3 Å². The molecule has 3 heterocycles. The van der Waals surface area contributed by atoms with E-state index in [4.69, 9.17) is 0 Å². The number of benzene rings is 1. The van der Waals surface area contributed by atoms with E-state index >= 15 is 0 Å². The van der Waals surface area contributed by atoms with Gasteiger partial charge in [0.1, 0.15) is 4.21 Å². The molecule has 0 unspecified atom stereocenters. The Morgan fingerprint density at radius 1 is 1.07 bits per heavy atom. The van der Waals surface area contributed by atoms with Crippen LogP contribution in [-0.2, 0) is 15.8 Å². The lowest BCUT2D eigenvalue weighted by molar-refractivity contribution is 0.0694. The zero-order chi connectivity index (χ0) is 21.1. The van der Waals surface area contributed by atoms with E-state index in [1.54, 1.807) is 34.1 Å². The molecule has 2 aromatic heterocycles. The van der Waals surface area contributed by atoms with Crippen molar-refractivity contribution in [2.24, 2.45) is 0 Å². The zero-order valence-corrected chi connectivity index (χ0v) is 19.7. The molecule has 3 aromatic rings. The summed E-state index contributed by atoms with van der Waals surface area (Å²) in [4.78, 5) is 16.8. The van der Waals surface area contributed by atoms with Gasteiger partial charge < -0.3 is 4.90 Å². The summed E-state index contributed by atoms with van der Waals surface area (Å²) >= 11 is 4.61. The lowest BCUT2D eigenvalue weighted by Crippen LogP contribution is -2.50. The Bertz CT molecular complexity index is 1110. The van der Waals surface area contributed by atoms with Crippen LogP contribution in [0.5, 0.6) is 0 Å². The van der Waals surface area contributed by atoms with Crippen molar-refractivity contribution in [1.82, 2.24) is 9.21 Å². The van der Waals surface area contributed by atoms with E-state index in [0.29, 0.717) is 36.0 Å². The molecule has 158 valence electrons. The van der Waals surface area contributed by atoms with Crippen molar-refractivity contribution in [1.29, 1.82) is 0 Å². The summed E-state index contributed by atoms with van der Waals surface area (Å²) in [6.07, 6.45) is 0. The number of thioether (sulfide) groups is 1. The molecule has 0 aliphatic carbocycles. The van der Waals surface area contributed by atoms with Gasteiger partial charge in [0, 0.05) is 41.7 Å². The van der Waals surface area contributed by atoms with Gasteiger partial charge >= 0.3 is 0 Å². The molecule has 0 radical (unpaired) electrons. The molecular formula is C21H22N2O3S4. The Kier molecular flexibility index (Phi) is 6.64. The molecule has 5 nitrogen and oxygen atoms in total. The third-order valence-electron chi connectivity index (χ3n) is 4.93. The topological polar surface area (TPSA) is 57.7 Å². The summed E-state index contributed by atoms with van der Waals surface area (Å²) in [6, 6.07) is 13.2. The second-order valence-corrected chi connectivity index (χ2v) is 12.2. The quantitative estimate of drug-likeness (QED) is 0.488. The van der Waals surface area contributed by atoms with Crippen LogP contribution >= 0.6 is 34.4 Å². The third kappa shape index (κ3) is 4.65. The molecule has 1 aliphatic rings. The van der Waals surface area contributed by atoms with Crippen molar-refractivity contribution in [3.05, 3.63) is 69.2 Å². The molecule has 0 bridgehead atoms. The minimum Gasteiger partial charge on any atom is -0.336 e. The fourth-order valence-corrected chi connectivity index (χ4v) is 7.91. The number of hydrogen-bond acceptors (Lipinski definition) is 6. The molecule has 0 N–H and O–H groups in total.